The zero-order valence-electron chi connectivity index (χ0n) is 52.5. The van der Waals surface area contributed by atoms with Gasteiger partial charge in [-0.3, -0.25) is 9.78 Å². The second kappa shape index (κ2) is 29.6. The number of likely N-dealkylation sites (N-methyl/N-ethyl adjacent to an activating group) is 1. The maximum absolute atomic E-state index is 15.3. The number of ether oxygens (including phenoxy) is 9. The number of methoxy groups -OCH3 is 1. The van der Waals surface area contributed by atoms with E-state index in [9.17, 15) is 19.8 Å². The third-order valence-corrected chi connectivity index (χ3v) is 18.5. The standard InChI is InChI=1S/C69H89N3O14S/c1-14-55-69(10,77)60(73)44(4)57(71-87-52-33-22-17-23-34-52)42(2)39-68(9,79-36-26-27-48-38-51-32-24-25-35-53(51)70-41-48)61(86-66-59(54(72(11)12)37-43(3)80-66)84-64(75)49-28-18-15-19-29-49)45(5)58(46(6)63(74)82-55)83-56-40-67(8,78-13)62(47(7)81-56)85-65(76)50-30-20-16-21-31-50/h15-35,38,41-47,54-56,58-62,66,73,77H,14,36-37,39-40H2,1-13H3/b27-26+,71-57-/t42-,43-,44+,45+,46-,47+,54+,55-,56+,58+,59-,60-,61-,62+,66+,67-,68+,69-/m1/s1. The Bertz CT molecular complexity index is 3120. The normalized spacial score (nSPS) is 34.3. The van der Waals surface area contributed by atoms with Crippen LogP contribution in [0.5, 0.6) is 0 Å². The van der Waals surface area contributed by atoms with Crippen molar-refractivity contribution in [3.8, 4) is 0 Å². The van der Waals surface area contributed by atoms with E-state index in [1.165, 1.54) is 26.0 Å². The first-order chi connectivity index (χ1) is 41.5. The molecule has 18 atom stereocenters. The minimum absolute atomic E-state index is 0.0370. The number of benzene rings is 4. The molecule has 0 saturated carbocycles. The summed E-state index contributed by atoms with van der Waals surface area (Å²) in [6.07, 6.45) is -3.87. The van der Waals surface area contributed by atoms with Gasteiger partial charge in [-0.1, -0.05) is 113 Å². The largest absolute Gasteiger partial charge is 0.459 e. The Morgan fingerprint density at radius 1 is 0.782 bits per heavy atom. The number of esters is 3. The van der Waals surface area contributed by atoms with Crippen LogP contribution < -0.4 is 0 Å². The predicted octanol–water partition coefficient (Wildman–Crippen LogP) is 11.4. The van der Waals surface area contributed by atoms with Gasteiger partial charge >= 0.3 is 17.9 Å². The Hall–Kier alpha value is -5.90. The van der Waals surface area contributed by atoms with Crippen LogP contribution >= 0.6 is 11.9 Å². The Labute approximate surface area is 517 Å². The van der Waals surface area contributed by atoms with Gasteiger partial charge in [-0.2, -0.15) is 0 Å². The second-order valence-electron chi connectivity index (χ2n) is 24.6. The Morgan fingerprint density at radius 3 is 2.03 bits per heavy atom. The van der Waals surface area contributed by atoms with Crippen LogP contribution in [0.2, 0.25) is 0 Å². The summed E-state index contributed by atoms with van der Waals surface area (Å²) in [4.78, 5) is 50.8. The summed E-state index contributed by atoms with van der Waals surface area (Å²) in [5, 5.41) is 26.1. The molecule has 0 amide bonds. The fourth-order valence-electron chi connectivity index (χ4n) is 12.7. The number of aliphatic hydroxyl groups excluding tert-OH is 1. The number of aromatic nitrogens is 1. The molecule has 3 aliphatic rings. The number of hydrogen-bond acceptors (Lipinski definition) is 18. The lowest BCUT2D eigenvalue weighted by molar-refractivity contribution is -0.319. The fraction of sp³-hybridized carbons (Fsp3) is 0.522. The smallest absolute Gasteiger partial charge is 0.338 e. The molecule has 3 saturated heterocycles. The van der Waals surface area contributed by atoms with E-state index in [2.05, 4.69) is 6.07 Å². The topological polar surface area (TPSA) is 203 Å². The Kier molecular flexibility index (Phi) is 22.8. The molecule has 87 heavy (non-hydrogen) atoms. The van der Waals surface area contributed by atoms with E-state index in [0.29, 0.717) is 23.3 Å². The minimum atomic E-state index is -1.99. The molecule has 3 aliphatic heterocycles. The summed E-state index contributed by atoms with van der Waals surface area (Å²) < 4.78 is 66.4. The van der Waals surface area contributed by atoms with Gasteiger partial charge in [0.25, 0.3) is 0 Å². The predicted molar refractivity (Wildman–Crippen MR) is 335 cm³/mol. The molecule has 1 aromatic heterocycles. The first kappa shape index (κ1) is 67.0. The molecular weight excluding hydrogens is 1130 g/mol. The van der Waals surface area contributed by atoms with E-state index >= 15 is 4.79 Å². The fourth-order valence-corrected chi connectivity index (χ4v) is 13.6. The summed E-state index contributed by atoms with van der Waals surface area (Å²) in [5.41, 5.74) is -1.61. The van der Waals surface area contributed by atoms with E-state index in [0.717, 1.165) is 21.4 Å². The van der Waals surface area contributed by atoms with Crippen molar-refractivity contribution < 1.29 is 67.2 Å². The van der Waals surface area contributed by atoms with Crippen LogP contribution in [0.3, 0.4) is 0 Å². The van der Waals surface area contributed by atoms with Gasteiger partial charge in [0.15, 0.2) is 24.8 Å². The lowest BCUT2D eigenvalue weighted by atomic mass is 9.73. The third kappa shape index (κ3) is 16.1. The highest BCUT2D eigenvalue weighted by Crippen LogP contribution is 2.44. The number of hydrogen-bond donors (Lipinski definition) is 2. The van der Waals surface area contributed by atoms with Crippen molar-refractivity contribution in [1.29, 1.82) is 0 Å². The zero-order chi connectivity index (χ0) is 62.8. The number of carbonyl (C=O) groups is 3. The number of para-hydroxylation sites is 1. The highest BCUT2D eigenvalue weighted by atomic mass is 32.2. The van der Waals surface area contributed by atoms with Gasteiger partial charge in [-0.05, 0) is 135 Å². The quantitative estimate of drug-likeness (QED) is 0.0505. The molecule has 4 heterocycles. The highest BCUT2D eigenvalue weighted by molar-refractivity contribution is 7.98. The summed E-state index contributed by atoms with van der Waals surface area (Å²) in [5.74, 6) is -5.18. The van der Waals surface area contributed by atoms with Crippen molar-refractivity contribution in [2.24, 2.45) is 28.1 Å². The summed E-state index contributed by atoms with van der Waals surface area (Å²) in [6.45, 7) is 18.2. The maximum Gasteiger partial charge on any atom is 0.338 e. The minimum Gasteiger partial charge on any atom is -0.459 e. The molecule has 2 N–H and O–H groups in total. The molecule has 17 nitrogen and oxygen atoms in total. The van der Waals surface area contributed by atoms with Gasteiger partial charge in [0.1, 0.15) is 17.3 Å². The van der Waals surface area contributed by atoms with Crippen LogP contribution in [0.25, 0.3) is 17.0 Å². The average Bonchev–Trinajstić information content (AvgIpc) is 1.02. The van der Waals surface area contributed by atoms with Crippen LogP contribution in [-0.4, -0.2) is 156 Å². The van der Waals surface area contributed by atoms with Crippen molar-refractivity contribution in [3.05, 3.63) is 150 Å². The lowest BCUT2D eigenvalue weighted by Gasteiger charge is -2.50. The van der Waals surface area contributed by atoms with E-state index < -0.39 is 126 Å². The molecule has 470 valence electrons. The van der Waals surface area contributed by atoms with E-state index in [-0.39, 0.29) is 25.9 Å². The molecule has 0 spiro atoms. The van der Waals surface area contributed by atoms with E-state index in [4.69, 9.17) is 52.0 Å². The van der Waals surface area contributed by atoms with Gasteiger partial charge < -0.3 is 57.7 Å². The van der Waals surface area contributed by atoms with Crippen molar-refractivity contribution in [2.45, 2.75) is 184 Å². The van der Waals surface area contributed by atoms with Crippen LogP contribution in [0.4, 0.5) is 0 Å². The number of aliphatic hydroxyl groups is 2. The van der Waals surface area contributed by atoms with E-state index in [1.807, 2.05) is 139 Å². The molecule has 0 bridgehead atoms. The van der Waals surface area contributed by atoms with Gasteiger partial charge in [0.2, 0.25) is 0 Å². The molecule has 5 aromatic rings. The first-order valence-corrected chi connectivity index (χ1v) is 31.2. The van der Waals surface area contributed by atoms with Gasteiger partial charge in [-0.15, -0.1) is 0 Å². The molecule has 0 radical (unpaired) electrons. The van der Waals surface area contributed by atoms with Crippen molar-refractivity contribution in [1.82, 2.24) is 9.88 Å². The van der Waals surface area contributed by atoms with Gasteiger partial charge in [0.05, 0.1) is 71.3 Å². The number of carbonyl (C=O) groups excluding carboxylic acids is 3. The Morgan fingerprint density at radius 2 is 1.40 bits per heavy atom. The monoisotopic (exact) mass is 1220 g/mol. The molecule has 18 heteroatoms. The molecule has 0 aliphatic carbocycles. The van der Waals surface area contributed by atoms with Crippen LogP contribution in [0.15, 0.2) is 143 Å². The van der Waals surface area contributed by atoms with Crippen molar-refractivity contribution in [2.75, 3.05) is 27.8 Å². The number of pyridine rings is 1. The summed E-state index contributed by atoms with van der Waals surface area (Å²) in [7, 11) is 5.39. The molecular formula is C69H89N3O14S. The van der Waals surface area contributed by atoms with Gasteiger partial charge in [0, 0.05) is 59.5 Å². The zero-order valence-corrected chi connectivity index (χ0v) is 53.3. The van der Waals surface area contributed by atoms with Crippen LogP contribution in [0.1, 0.15) is 121 Å². The third-order valence-electron chi connectivity index (χ3n) is 17.7. The van der Waals surface area contributed by atoms with Gasteiger partial charge in [-0.25, -0.2) is 14.0 Å². The summed E-state index contributed by atoms with van der Waals surface area (Å²) in [6, 6.07) is 36.6. The number of nitrogens with zero attached hydrogens (tertiary/aromatic N) is 3. The number of fused-ring (bicyclic) bond motifs is 1. The SMILES string of the molecule is CC[C@H]1OC(=O)[C@H](C)[C@@H](O[C@H]2C[C@@](C)(OC)[C@@H](OC(=O)c3ccccc3)[C@H](C)O2)[C@H](C)[C@@H](O[C@@H]2O[C@H](C)C[C@H](N(C)C)[C@H]2OC(=O)c2ccccc2)[C@@](C)(OC/C=C/c2cnc3ccccc3c2)C[C@@H](C)/C(=N/Sc2ccccc2)[C@H](C)[C@@H](O)[C@]1(C)O. The van der Waals surface area contributed by atoms with E-state index in [1.54, 1.807) is 75.5 Å². The Balaban J connectivity index is 1.29. The van der Waals surface area contributed by atoms with Crippen LogP contribution in [-0.2, 0) is 47.4 Å². The maximum atomic E-state index is 15.3. The molecule has 0 unspecified atom stereocenters. The average molecular weight is 1220 g/mol. The molecule has 3 fully saturated rings. The number of cyclic esters (lactones) is 1. The molecule has 8 rings (SSSR count). The lowest BCUT2D eigenvalue weighted by Crippen LogP contribution is -2.62. The second-order valence-corrected chi connectivity index (χ2v) is 25.4. The number of rotatable bonds is 17. The highest BCUT2D eigenvalue weighted by Gasteiger charge is 2.55. The molecule has 4 aromatic carbocycles. The van der Waals surface area contributed by atoms with Crippen LogP contribution in [0, 0.1) is 23.7 Å². The van der Waals surface area contributed by atoms with Crippen molar-refractivity contribution >= 4 is 52.5 Å². The summed E-state index contributed by atoms with van der Waals surface area (Å²) >= 11 is 1.25. The first-order valence-electron chi connectivity index (χ1n) is 30.4. The van der Waals surface area contributed by atoms with Crippen molar-refractivity contribution in [3.63, 3.8) is 0 Å².